The number of ether oxygens (including phenoxy) is 5. The van der Waals surface area contributed by atoms with Crippen LogP contribution in [0.3, 0.4) is 0 Å². The van der Waals surface area contributed by atoms with E-state index < -0.39 is 52.1 Å². The molecule has 8 aliphatic heterocycles. The minimum atomic E-state index is -1.45. The number of aliphatic hydroxyl groups is 1. The molecule has 1 aromatic heterocycles. The number of phenolic OH excluding ortho intramolecular Hbond substituents is 1. The second kappa shape index (κ2) is 11.8. The fraction of sp³-hybridized carbons (Fsp3) is 0.476. The Morgan fingerprint density at radius 1 is 1.12 bits per heavy atom. The first-order chi connectivity index (χ1) is 27.3. The summed E-state index contributed by atoms with van der Waals surface area (Å²) in [4.78, 5) is 32.5. The Morgan fingerprint density at radius 3 is 2.68 bits per heavy atom. The van der Waals surface area contributed by atoms with Crippen LogP contribution < -0.4 is 30.0 Å². The molecule has 8 aliphatic rings. The minimum Gasteiger partial charge on any atom is -0.504 e. The van der Waals surface area contributed by atoms with Crippen LogP contribution in [0, 0.1) is 13.8 Å². The molecule has 0 aliphatic carbocycles. The number of thioether (sulfide) groups is 1. The number of para-hydroxylation sites is 1. The van der Waals surface area contributed by atoms with Crippen LogP contribution in [0.5, 0.6) is 28.7 Å². The van der Waals surface area contributed by atoms with Crippen molar-refractivity contribution >= 4 is 34.7 Å². The molecule has 0 radical (unpaired) electrons. The topological polar surface area (TPSA) is 178 Å². The lowest BCUT2D eigenvalue weighted by atomic mass is 9.75. The number of carbonyl (C=O) groups excluding carboxylic acids is 2. The van der Waals surface area contributed by atoms with Crippen molar-refractivity contribution in [3.63, 3.8) is 0 Å². The zero-order valence-electron chi connectivity index (χ0n) is 32.3. The Balaban J connectivity index is 1.19. The highest BCUT2D eigenvalue weighted by Crippen LogP contribution is 2.71. The van der Waals surface area contributed by atoms with Gasteiger partial charge in [-0.3, -0.25) is 19.9 Å². The van der Waals surface area contributed by atoms with Gasteiger partial charge < -0.3 is 44.0 Å². The predicted molar refractivity (Wildman–Crippen MR) is 206 cm³/mol. The van der Waals surface area contributed by atoms with Crippen molar-refractivity contribution < 1.29 is 47.9 Å². The molecule has 57 heavy (non-hydrogen) atoms. The molecule has 3 aromatic carbocycles. The molecule has 5 N–H and O–H groups in total. The van der Waals surface area contributed by atoms with E-state index >= 15 is 4.79 Å². The summed E-state index contributed by atoms with van der Waals surface area (Å²) >= 11 is 1.49. The fourth-order valence-electron chi connectivity index (χ4n) is 11.7. The van der Waals surface area contributed by atoms with Crippen molar-refractivity contribution in [1.29, 1.82) is 0 Å². The first kappa shape index (κ1) is 35.6. The molecule has 0 saturated carbocycles. The second-order valence-electron chi connectivity index (χ2n) is 16.8. The quantitative estimate of drug-likeness (QED) is 0.171. The lowest BCUT2D eigenvalue weighted by molar-refractivity contribution is -0.196. The number of benzene rings is 3. The molecular formula is C42H44N4O10S. The van der Waals surface area contributed by atoms with E-state index in [0.717, 1.165) is 27.6 Å². The monoisotopic (exact) mass is 796 g/mol. The number of nitrogens with one attached hydrogen (secondary N) is 1. The number of phenols is 1. The number of nitrogens with zero attached hydrogens (tertiary/aromatic N) is 2. The van der Waals surface area contributed by atoms with Crippen LogP contribution in [-0.4, -0.2) is 89.1 Å². The van der Waals surface area contributed by atoms with E-state index in [1.165, 1.54) is 18.7 Å². The van der Waals surface area contributed by atoms with Gasteiger partial charge in [0.1, 0.15) is 29.4 Å². The van der Waals surface area contributed by atoms with Crippen LogP contribution in [0.1, 0.15) is 82.3 Å². The Hall–Kier alpha value is -4.51. The number of esters is 2. The van der Waals surface area contributed by atoms with Crippen molar-refractivity contribution in [3.05, 3.63) is 75.0 Å². The van der Waals surface area contributed by atoms with Crippen LogP contribution in [0.4, 0.5) is 0 Å². The molecule has 2 unspecified atom stereocenters. The van der Waals surface area contributed by atoms with Gasteiger partial charge in [-0.2, -0.15) is 0 Å². The van der Waals surface area contributed by atoms with E-state index in [4.69, 9.17) is 33.8 Å². The van der Waals surface area contributed by atoms with Crippen LogP contribution in [-0.2, 0) is 31.8 Å². The zero-order chi connectivity index (χ0) is 39.5. The third-order valence-corrected chi connectivity index (χ3v) is 15.2. The number of furan rings is 1. The highest BCUT2D eigenvalue weighted by atomic mass is 32.2. The Morgan fingerprint density at radius 2 is 1.91 bits per heavy atom. The molecule has 3 fully saturated rings. The average Bonchev–Trinajstić information content (AvgIpc) is 3.93. The van der Waals surface area contributed by atoms with E-state index in [0.29, 0.717) is 63.9 Å². The zero-order valence-corrected chi connectivity index (χ0v) is 33.1. The summed E-state index contributed by atoms with van der Waals surface area (Å²) in [6.07, 6.45) is 0.879. The number of rotatable bonds is 3. The van der Waals surface area contributed by atoms with Crippen molar-refractivity contribution in [2.45, 2.75) is 86.8 Å². The van der Waals surface area contributed by atoms with E-state index in [9.17, 15) is 15.0 Å². The molecule has 298 valence electrons. The highest BCUT2D eigenvalue weighted by molar-refractivity contribution is 7.99. The molecule has 0 amide bonds. The first-order valence-corrected chi connectivity index (χ1v) is 20.5. The van der Waals surface area contributed by atoms with Gasteiger partial charge in [0.15, 0.2) is 28.5 Å². The summed E-state index contributed by atoms with van der Waals surface area (Å²) in [5.74, 6) is 1.30. The van der Waals surface area contributed by atoms with Gasteiger partial charge in [0, 0.05) is 83.0 Å². The lowest BCUT2D eigenvalue weighted by Crippen LogP contribution is -2.67. The maximum atomic E-state index is 15.0. The van der Waals surface area contributed by atoms with E-state index in [-0.39, 0.29) is 44.0 Å². The van der Waals surface area contributed by atoms with E-state index in [1.54, 1.807) is 7.11 Å². The van der Waals surface area contributed by atoms with Crippen molar-refractivity contribution in [2.75, 3.05) is 39.4 Å². The minimum absolute atomic E-state index is 0.0542. The molecule has 9 heterocycles. The van der Waals surface area contributed by atoms with Crippen molar-refractivity contribution in [2.24, 2.45) is 5.73 Å². The summed E-state index contributed by atoms with van der Waals surface area (Å²) in [7, 11) is 1.55. The number of hydrogen-bond acceptors (Lipinski definition) is 15. The smallest absolute Gasteiger partial charge is 0.335 e. The number of methoxy groups -OCH3 is 1. The second-order valence-corrected chi connectivity index (χ2v) is 17.9. The molecule has 4 bridgehead atoms. The van der Waals surface area contributed by atoms with Gasteiger partial charge in [-0.1, -0.05) is 18.2 Å². The van der Waals surface area contributed by atoms with Gasteiger partial charge in [0.25, 0.3) is 0 Å². The lowest BCUT2D eigenvalue weighted by Gasteiger charge is -2.59. The summed E-state index contributed by atoms with van der Waals surface area (Å²) in [6.45, 7) is 7.55. The maximum absolute atomic E-state index is 15.0. The predicted octanol–water partition coefficient (Wildman–Crippen LogP) is 4.22. The number of carbonyl (C=O) groups is 2. The van der Waals surface area contributed by atoms with Crippen LogP contribution >= 0.6 is 11.8 Å². The van der Waals surface area contributed by atoms with Gasteiger partial charge in [-0.05, 0) is 50.5 Å². The Kier molecular flexibility index (Phi) is 7.37. The van der Waals surface area contributed by atoms with E-state index in [1.807, 2.05) is 38.1 Å². The van der Waals surface area contributed by atoms with Gasteiger partial charge >= 0.3 is 11.9 Å². The fourth-order valence-corrected chi connectivity index (χ4v) is 13.3. The standard InChI is InChI=1S/C42H44N4O10S/c1-18-10-24-27(32(48)33(18)51-5)30-31-37-29-28(36-35(53-17-54-36)19(2)34(29)55-20(3)47)25(46(31)41(50)14-40(24,4)45(30)15-41)13-52-39(49)42(16-57-37)38-23(11-21(12-43)44-42)22-8-6-7-9-26(22)56-38/h6-10,21,25,30-31,37,44,48,50H,11-17,43H2,1-5H3/t21-,25+,30-,31?,37-,40?,41-,42-/m1/s1. The first-order valence-electron chi connectivity index (χ1n) is 19.5. The van der Waals surface area contributed by atoms with Crippen molar-refractivity contribution in [1.82, 2.24) is 15.1 Å². The van der Waals surface area contributed by atoms with E-state index in [2.05, 4.69) is 28.1 Å². The Bertz CT molecular complexity index is 2470. The third-order valence-electron chi connectivity index (χ3n) is 13.8. The summed E-state index contributed by atoms with van der Waals surface area (Å²) < 4.78 is 37.5. The molecule has 3 saturated heterocycles. The molecule has 1 spiro atoms. The van der Waals surface area contributed by atoms with Crippen LogP contribution in [0.25, 0.3) is 11.0 Å². The van der Waals surface area contributed by atoms with Crippen LogP contribution in [0.15, 0.2) is 34.7 Å². The third kappa shape index (κ3) is 4.39. The summed E-state index contributed by atoms with van der Waals surface area (Å²) in [5, 5.41) is 29.3. The molecule has 8 atom stereocenters. The normalized spacial score (nSPS) is 33.2. The number of hydrogen-bond donors (Lipinski definition) is 4. The van der Waals surface area contributed by atoms with Crippen molar-refractivity contribution in [3.8, 4) is 28.7 Å². The van der Waals surface area contributed by atoms with Gasteiger partial charge in [-0.15, -0.1) is 11.8 Å². The Labute approximate surface area is 332 Å². The molecular weight excluding hydrogens is 753 g/mol. The summed E-state index contributed by atoms with van der Waals surface area (Å²) in [6, 6.07) is 7.76. The highest BCUT2D eigenvalue weighted by Gasteiger charge is 2.72. The summed E-state index contributed by atoms with van der Waals surface area (Å²) in [5.41, 5.74) is 8.85. The molecule has 14 nitrogen and oxygen atoms in total. The SMILES string of the molecule is COc1c(C)cc2c(c1O)[C@@H]1C3[C@@H]4SC[C@]5(N[C@@H](CN)Cc6c5oc5ccccc65)C(=O)OC[C@@H](c5c6c(c(C)c(OC(C)=O)c54)OCO6)N3[C@]3(O)CN1C2(C)C3. The number of aryl methyl sites for hydroxylation is 1. The molecule has 15 heteroatoms. The number of piperazine rings is 1. The molecule has 4 aromatic rings. The molecule has 12 rings (SSSR count). The largest absolute Gasteiger partial charge is 0.504 e. The maximum Gasteiger partial charge on any atom is 0.335 e. The van der Waals surface area contributed by atoms with Gasteiger partial charge in [0.2, 0.25) is 6.79 Å². The average molecular weight is 797 g/mol. The number of fused-ring (bicyclic) bond motifs is 11. The van der Waals surface area contributed by atoms with Gasteiger partial charge in [0.05, 0.1) is 24.4 Å². The van der Waals surface area contributed by atoms with Gasteiger partial charge in [-0.25, -0.2) is 4.79 Å². The van der Waals surface area contributed by atoms with Crippen LogP contribution in [0.2, 0.25) is 0 Å². The number of nitrogens with two attached hydrogens (primary N) is 1. The number of aromatic hydroxyl groups is 1.